The molecule has 0 fully saturated rings. The number of nitrogens with zero attached hydrogens (tertiary/aromatic N) is 5. The number of nitriles is 1. The van der Waals surface area contributed by atoms with E-state index in [-0.39, 0.29) is 0 Å². The summed E-state index contributed by atoms with van der Waals surface area (Å²) in [7, 11) is 0. The number of furan rings is 1. The first-order valence-electron chi connectivity index (χ1n) is 17.0. The van der Waals surface area contributed by atoms with E-state index >= 15 is 0 Å². The molecule has 0 unspecified atom stereocenters. The Kier molecular flexibility index (Phi) is 7.77. The van der Waals surface area contributed by atoms with Crippen LogP contribution in [0.5, 0.6) is 0 Å². The Morgan fingerprint density at radius 3 is 1.52 bits per heavy atom. The van der Waals surface area contributed by atoms with Crippen LogP contribution < -0.4 is 4.90 Å². The van der Waals surface area contributed by atoms with Crippen molar-refractivity contribution in [2.75, 3.05) is 4.90 Å². The molecule has 6 heteroatoms. The van der Waals surface area contributed by atoms with Crippen molar-refractivity contribution >= 4 is 39.0 Å². The van der Waals surface area contributed by atoms with Crippen LogP contribution in [0, 0.1) is 11.3 Å². The number of rotatable bonds is 7. The van der Waals surface area contributed by atoms with Crippen molar-refractivity contribution in [3.05, 3.63) is 181 Å². The van der Waals surface area contributed by atoms with Gasteiger partial charge < -0.3 is 9.32 Å². The van der Waals surface area contributed by atoms with E-state index in [4.69, 9.17) is 19.4 Å². The summed E-state index contributed by atoms with van der Waals surface area (Å²) in [5.74, 6) is 1.67. The molecule has 2 heterocycles. The van der Waals surface area contributed by atoms with Crippen LogP contribution in [0.15, 0.2) is 180 Å². The summed E-state index contributed by atoms with van der Waals surface area (Å²) in [6, 6.07) is 61.2. The predicted octanol–water partition coefficient (Wildman–Crippen LogP) is 11.8. The molecular formula is C46H29N5O. The van der Waals surface area contributed by atoms with Gasteiger partial charge in [-0.1, -0.05) is 84.9 Å². The Morgan fingerprint density at radius 2 is 0.904 bits per heavy atom. The van der Waals surface area contributed by atoms with Crippen LogP contribution in [-0.4, -0.2) is 15.0 Å². The van der Waals surface area contributed by atoms with Crippen molar-refractivity contribution < 1.29 is 4.42 Å². The first kappa shape index (κ1) is 30.7. The summed E-state index contributed by atoms with van der Waals surface area (Å²) in [6.07, 6.45) is 0. The summed E-state index contributed by atoms with van der Waals surface area (Å²) in [4.78, 5) is 16.9. The second kappa shape index (κ2) is 13.2. The second-order valence-corrected chi connectivity index (χ2v) is 12.4. The molecular weight excluding hydrogens is 639 g/mol. The van der Waals surface area contributed by atoms with E-state index < -0.39 is 0 Å². The van der Waals surface area contributed by atoms with E-state index in [0.717, 1.165) is 66.8 Å². The molecule has 0 aliphatic rings. The fourth-order valence-corrected chi connectivity index (χ4v) is 6.54. The molecule has 0 aliphatic carbocycles. The number of hydrogen-bond acceptors (Lipinski definition) is 6. The normalized spacial score (nSPS) is 11.1. The third-order valence-electron chi connectivity index (χ3n) is 9.16. The van der Waals surface area contributed by atoms with Gasteiger partial charge in [0.2, 0.25) is 0 Å². The van der Waals surface area contributed by atoms with Crippen LogP contribution in [0.25, 0.3) is 67.2 Å². The van der Waals surface area contributed by atoms with E-state index in [9.17, 15) is 5.26 Å². The Labute approximate surface area is 300 Å². The molecule has 0 saturated heterocycles. The van der Waals surface area contributed by atoms with Gasteiger partial charge in [-0.2, -0.15) is 5.26 Å². The average molecular weight is 668 g/mol. The monoisotopic (exact) mass is 667 g/mol. The molecule has 9 rings (SSSR count). The highest BCUT2D eigenvalue weighted by Gasteiger charge is 2.16. The first-order chi connectivity index (χ1) is 25.7. The average Bonchev–Trinajstić information content (AvgIpc) is 3.59. The van der Waals surface area contributed by atoms with E-state index in [1.54, 1.807) is 12.1 Å². The Hall–Kier alpha value is -7.36. The van der Waals surface area contributed by atoms with Crippen LogP contribution in [0.3, 0.4) is 0 Å². The number of aromatic nitrogens is 3. The van der Waals surface area contributed by atoms with Gasteiger partial charge in [0.25, 0.3) is 0 Å². The minimum absolute atomic E-state index is 0.539. The lowest BCUT2D eigenvalue weighted by atomic mass is 10.0. The first-order valence-corrected chi connectivity index (χ1v) is 17.0. The minimum atomic E-state index is 0.539. The maximum atomic E-state index is 9.30. The highest BCUT2D eigenvalue weighted by molar-refractivity contribution is 6.07. The van der Waals surface area contributed by atoms with Gasteiger partial charge in [-0.05, 0) is 102 Å². The minimum Gasteiger partial charge on any atom is -0.456 e. The summed E-state index contributed by atoms with van der Waals surface area (Å²) < 4.78 is 6.40. The molecule has 7 aromatic carbocycles. The maximum Gasteiger partial charge on any atom is 0.164 e. The highest BCUT2D eigenvalue weighted by Crippen LogP contribution is 2.38. The molecule has 0 bridgehead atoms. The van der Waals surface area contributed by atoms with Crippen molar-refractivity contribution in [3.63, 3.8) is 0 Å². The molecule has 0 radical (unpaired) electrons. The number of benzene rings is 7. The highest BCUT2D eigenvalue weighted by atomic mass is 16.3. The molecule has 52 heavy (non-hydrogen) atoms. The number of hydrogen-bond donors (Lipinski definition) is 0. The largest absolute Gasteiger partial charge is 0.456 e. The molecule has 6 nitrogen and oxygen atoms in total. The molecule has 0 amide bonds. The third kappa shape index (κ3) is 5.83. The molecule has 0 spiro atoms. The number of anilines is 3. The van der Waals surface area contributed by atoms with Crippen molar-refractivity contribution in [2.24, 2.45) is 0 Å². The maximum absolute atomic E-state index is 9.30. The van der Waals surface area contributed by atoms with Crippen LogP contribution in [-0.2, 0) is 0 Å². The van der Waals surface area contributed by atoms with Gasteiger partial charge in [-0.15, -0.1) is 0 Å². The summed E-state index contributed by atoms with van der Waals surface area (Å²) in [5.41, 5.74) is 10.2. The van der Waals surface area contributed by atoms with Gasteiger partial charge in [-0.3, -0.25) is 0 Å². The van der Waals surface area contributed by atoms with Gasteiger partial charge >= 0.3 is 0 Å². The van der Waals surface area contributed by atoms with Crippen LogP contribution >= 0.6 is 0 Å². The van der Waals surface area contributed by atoms with Crippen LogP contribution in [0.4, 0.5) is 17.1 Å². The van der Waals surface area contributed by atoms with Gasteiger partial charge in [-0.25, -0.2) is 15.0 Å². The van der Waals surface area contributed by atoms with Gasteiger partial charge in [0, 0.05) is 44.5 Å². The van der Waals surface area contributed by atoms with Crippen molar-refractivity contribution in [2.45, 2.75) is 0 Å². The third-order valence-corrected chi connectivity index (χ3v) is 9.16. The van der Waals surface area contributed by atoms with Crippen LogP contribution in [0.1, 0.15) is 5.56 Å². The van der Waals surface area contributed by atoms with Gasteiger partial charge in [0.05, 0.1) is 11.6 Å². The SMILES string of the molecule is N#Cc1ccc(-c2nc(-c3ccccc3)nc(-c3ccc4oc5cc(-c6ccc(N(c7ccccc7)c7ccccc7)cc6)ccc5c4c3)n2)cc1. The lowest BCUT2D eigenvalue weighted by molar-refractivity contribution is 0.669. The lowest BCUT2D eigenvalue weighted by Crippen LogP contribution is -2.09. The summed E-state index contributed by atoms with van der Waals surface area (Å²) in [6.45, 7) is 0. The molecule has 0 N–H and O–H groups in total. The zero-order chi connectivity index (χ0) is 34.9. The van der Waals surface area contributed by atoms with E-state index in [2.05, 4.69) is 108 Å². The van der Waals surface area contributed by atoms with Crippen molar-refractivity contribution in [3.8, 4) is 51.4 Å². The fraction of sp³-hybridized carbons (Fsp3) is 0. The van der Waals surface area contributed by atoms with Gasteiger partial charge in [0.1, 0.15) is 11.2 Å². The number of para-hydroxylation sites is 2. The van der Waals surface area contributed by atoms with Crippen molar-refractivity contribution in [1.29, 1.82) is 5.26 Å². The van der Waals surface area contributed by atoms with Crippen LogP contribution in [0.2, 0.25) is 0 Å². The Balaban J connectivity index is 1.07. The lowest BCUT2D eigenvalue weighted by Gasteiger charge is -2.25. The zero-order valence-electron chi connectivity index (χ0n) is 27.9. The predicted molar refractivity (Wildman–Crippen MR) is 208 cm³/mol. The van der Waals surface area contributed by atoms with Crippen molar-refractivity contribution in [1.82, 2.24) is 15.0 Å². The Morgan fingerprint density at radius 1 is 0.404 bits per heavy atom. The zero-order valence-corrected chi connectivity index (χ0v) is 27.9. The standard InChI is InChI=1S/C46H29N5O/c47-30-31-16-18-34(19-17-31)45-48-44(33-10-4-1-5-11-33)49-46(50-45)36-23-27-42-41(28-36)40-26-22-35(29-43(40)52-42)32-20-24-39(25-21-32)51(37-12-6-2-7-13-37)38-14-8-3-9-15-38/h1-29H. The molecule has 2 aromatic heterocycles. The molecule has 9 aromatic rings. The van der Waals surface area contributed by atoms with E-state index in [1.165, 1.54) is 0 Å². The van der Waals surface area contributed by atoms with E-state index in [0.29, 0.717) is 23.0 Å². The molecule has 244 valence electrons. The second-order valence-electron chi connectivity index (χ2n) is 12.4. The molecule has 0 atom stereocenters. The van der Waals surface area contributed by atoms with E-state index in [1.807, 2.05) is 66.7 Å². The molecule has 0 aliphatic heterocycles. The Bertz CT molecular complexity index is 2680. The quantitative estimate of drug-likeness (QED) is 0.168. The smallest absolute Gasteiger partial charge is 0.164 e. The topological polar surface area (TPSA) is 78.8 Å². The summed E-state index contributed by atoms with van der Waals surface area (Å²) in [5, 5.41) is 11.3. The molecule has 0 saturated carbocycles. The fourth-order valence-electron chi connectivity index (χ4n) is 6.54. The summed E-state index contributed by atoms with van der Waals surface area (Å²) >= 11 is 0. The number of fused-ring (bicyclic) bond motifs is 3. The van der Waals surface area contributed by atoms with Gasteiger partial charge in [0.15, 0.2) is 17.5 Å².